The summed E-state index contributed by atoms with van der Waals surface area (Å²) in [5.74, 6) is -0.684. The van der Waals surface area contributed by atoms with Gasteiger partial charge in [0.1, 0.15) is 28.9 Å². The van der Waals surface area contributed by atoms with Crippen LogP contribution in [0.25, 0.3) is 44.3 Å². The molecule has 3 aromatic carbocycles. The minimum absolute atomic E-state index is 0.217. The van der Waals surface area contributed by atoms with E-state index in [-0.39, 0.29) is 11.8 Å². The molecular weight excluding hydrogens is 529 g/mol. The molecule has 2 amide bonds. The predicted octanol–water partition coefficient (Wildman–Crippen LogP) is 6.20. The van der Waals surface area contributed by atoms with Crippen LogP contribution in [-0.2, 0) is 11.4 Å². The number of amides is 2. The van der Waals surface area contributed by atoms with Crippen molar-refractivity contribution in [3.05, 3.63) is 83.3 Å². The molecule has 0 aliphatic carbocycles. The normalized spacial score (nSPS) is 12.6. The lowest BCUT2D eigenvalue weighted by Crippen LogP contribution is -2.40. The van der Waals surface area contributed by atoms with Crippen LogP contribution in [0.2, 0.25) is 0 Å². The SMILES string of the molecule is CNC(=O)c1c(-c2ccc(F)cc2)oc2c1cc(-c1cccc(C(=O)NC(C)(C)C)c1)c1c2cc(C)n1[S+](C)[O-]. The number of hydrogen-bond acceptors (Lipinski definition) is 4. The Kier molecular flexibility index (Phi) is 6.97. The van der Waals surface area contributed by atoms with Crippen LogP contribution >= 0.6 is 0 Å². The number of fused-ring (bicyclic) bond motifs is 3. The van der Waals surface area contributed by atoms with Gasteiger partial charge in [-0.15, -0.1) is 0 Å². The Morgan fingerprint density at radius 1 is 0.975 bits per heavy atom. The molecule has 0 fully saturated rings. The highest BCUT2D eigenvalue weighted by Gasteiger charge is 2.28. The Morgan fingerprint density at radius 3 is 2.30 bits per heavy atom. The van der Waals surface area contributed by atoms with Gasteiger partial charge in [-0.3, -0.25) is 9.59 Å². The number of nitrogens with zero attached hydrogens (tertiary/aromatic N) is 1. The Hall–Kier alpha value is -4.08. The fourth-order valence-electron chi connectivity index (χ4n) is 4.99. The van der Waals surface area contributed by atoms with Gasteiger partial charge in [0.05, 0.1) is 22.6 Å². The van der Waals surface area contributed by atoms with Gasteiger partial charge < -0.3 is 19.6 Å². The monoisotopic (exact) mass is 559 g/mol. The molecule has 0 spiro atoms. The third kappa shape index (κ3) is 4.87. The maximum absolute atomic E-state index is 13.7. The van der Waals surface area contributed by atoms with E-state index in [2.05, 4.69) is 10.6 Å². The highest BCUT2D eigenvalue weighted by Crippen LogP contribution is 2.43. The minimum Gasteiger partial charge on any atom is -0.593 e. The average Bonchev–Trinajstić information content (AvgIpc) is 3.45. The van der Waals surface area contributed by atoms with E-state index < -0.39 is 22.7 Å². The summed E-state index contributed by atoms with van der Waals surface area (Å²) in [4.78, 5) is 26.2. The molecule has 2 aromatic heterocycles. The number of rotatable bonds is 5. The van der Waals surface area contributed by atoms with Crippen molar-refractivity contribution in [3.63, 3.8) is 0 Å². The van der Waals surface area contributed by atoms with E-state index in [1.807, 2.05) is 45.9 Å². The van der Waals surface area contributed by atoms with E-state index in [1.54, 1.807) is 40.6 Å². The van der Waals surface area contributed by atoms with Crippen molar-refractivity contribution >= 4 is 45.0 Å². The van der Waals surface area contributed by atoms with Crippen LogP contribution in [0.5, 0.6) is 0 Å². The summed E-state index contributed by atoms with van der Waals surface area (Å²) in [6.45, 7) is 7.59. The fraction of sp³-hybridized carbons (Fsp3) is 0.226. The fourth-order valence-corrected chi connectivity index (χ4v) is 5.90. The predicted molar refractivity (Wildman–Crippen MR) is 157 cm³/mol. The van der Waals surface area contributed by atoms with Crippen LogP contribution < -0.4 is 10.6 Å². The van der Waals surface area contributed by atoms with E-state index in [9.17, 15) is 18.5 Å². The topological polar surface area (TPSA) is 99.3 Å². The average molecular weight is 560 g/mol. The number of hydrogen-bond donors (Lipinski definition) is 2. The molecule has 5 aromatic rings. The lowest BCUT2D eigenvalue weighted by molar-refractivity contribution is 0.0918. The molecule has 0 radical (unpaired) electrons. The standard InChI is InChI=1S/C31H30FN3O4S/c1-17-14-24-26(35(17)40(6)38)22(19-8-7-9-20(15-19)29(36)34-31(2,3)4)16-23-25(30(37)33-5)27(39-28(23)24)18-10-12-21(32)13-11-18/h7-16H,1-6H3,(H,33,37)(H,34,36). The molecule has 1 atom stereocenters. The number of halogens is 1. The molecule has 5 rings (SSSR count). The number of nitrogens with one attached hydrogen (secondary N) is 2. The summed E-state index contributed by atoms with van der Waals surface area (Å²) in [5, 5.41) is 6.89. The molecule has 2 heterocycles. The largest absolute Gasteiger partial charge is 0.593 e. The lowest BCUT2D eigenvalue weighted by Gasteiger charge is -2.20. The second-order valence-corrected chi connectivity index (χ2v) is 12.0. The highest BCUT2D eigenvalue weighted by atomic mass is 32.2. The van der Waals surface area contributed by atoms with Gasteiger partial charge in [0, 0.05) is 40.0 Å². The summed E-state index contributed by atoms with van der Waals surface area (Å²) < 4.78 is 34.7. The first-order valence-corrected chi connectivity index (χ1v) is 14.3. The van der Waals surface area contributed by atoms with Gasteiger partial charge in [0.2, 0.25) is 0 Å². The second-order valence-electron chi connectivity index (χ2n) is 10.7. The van der Waals surface area contributed by atoms with Crippen molar-refractivity contribution in [3.8, 4) is 22.5 Å². The van der Waals surface area contributed by atoms with Gasteiger partial charge >= 0.3 is 0 Å². The van der Waals surface area contributed by atoms with Crippen LogP contribution in [0.3, 0.4) is 0 Å². The molecule has 0 bridgehead atoms. The zero-order valence-corrected chi connectivity index (χ0v) is 24.0. The Bertz CT molecular complexity index is 1780. The quantitative estimate of drug-likeness (QED) is 0.251. The van der Waals surface area contributed by atoms with Gasteiger partial charge in [-0.25, -0.2) is 4.39 Å². The maximum Gasteiger partial charge on any atom is 0.255 e. The van der Waals surface area contributed by atoms with Crippen LogP contribution in [-0.4, -0.2) is 39.2 Å². The number of aryl methyl sites for hydroxylation is 1. The number of carbonyl (C=O) groups is 2. The van der Waals surface area contributed by atoms with Gasteiger partial charge in [-0.2, -0.15) is 3.97 Å². The van der Waals surface area contributed by atoms with Crippen molar-refractivity contribution in [2.24, 2.45) is 0 Å². The Labute approximate surface area is 234 Å². The molecule has 2 N–H and O–H groups in total. The molecule has 40 heavy (non-hydrogen) atoms. The van der Waals surface area contributed by atoms with Crippen molar-refractivity contribution < 1.29 is 22.9 Å². The van der Waals surface area contributed by atoms with Crippen LogP contribution in [0.15, 0.2) is 65.1 Å². The summed E-state index contributed by atoms with van der Waals surface area (Å²) in [6, 6.07) is 16.7. The van der Waals surface area contributed by atoms with E-state index in [4.69, 9.17) is 4.42 Å². The van der Waals surface area contributed by atoms with Gasteiger partial charge in [0.25, 0.3) is 11.8 Å². The second kappa shape index (κ2) is 10.1. The molecule has 206 valence electrons. The van der Waals surface area contributed by atoms with Gasteiger partial charge in [-0.1, -0.05) is 12.1 Å². The molecule has 0 saturated carbocycles. The van der Waals surface area contributed by atoms with E-state index >= 15 is 0 Å². The summed E-state index contributed by atoms with van der Waals surface area (Å²) in [5.41, 5.74) is 4.15. The van der Waals surface area contributed by atoms with Crippen LogP contribution in [0, 0.1) is 12.7 Å². The Morgan fingerprint density at radius 2 is 1.68 bits per heavy atom. The molecule has 9 heteroatoms. The zero-order chi connectivity index (χ0) is 28.9. The molecule has 0 aliphatic heterocycles. The van der Waals surface area contributed by atoms with Crippen molar-refractivity contribution in [2.75, 3.05) is 13.3 Å². The van der Waals surface area contributed by atoms with Crippen LogP contribution in [0.1, 0.15) is 47.2 Å². The smallest absolute Gasteiger partial charge is 0.255 e. The molecular formula is C31H30FN3O4S. The number of benzene rings is 3. The lowest BCUT2D eigenvalue weighted by atomic mass is 9.96. The highest BCUT2D eigenvalue weighted by molar-refractivity contribution is 7.89. The molecule has 0 saturated heterocycles. The van der Waals surface area contributed by atoms with Crippen molar-refractivity contribution in [1.82, 2.24) is 14.6 Å². The minimum atomic E-state index is -1.41. The Balaban J connectivity index is 1.86. The zero-order valence-electron chi connectivity index (χ0n) is 23.1. The molecule has 7 nitrogen and oxygen atoms in total. The third-order valence-electron chi connectivity index (χ3n) is 6.61. The van der Waals surface area contributed by atoms with Crippen molar-refractivity contribution in [2.45, 2.75) is 33.2 Å². The summed E-state index contributed by atoms with van der Waals surface area (Å²) in [7, 11) is 1.53. The van der Waals surface area contributed by atoms with E-state index in [1.165, 1.54) is 19.2 Å². The maximum atomic E-state index is 13.7. The molecule has 1 unspecified atom stereocenters. The third-order valence-corrected chi connectivity index (χ3v) is 7.59. The van der Waals surface area contributed by atoms with Crippen LogP contribution in [0.4, 0.5) is 4.39 Å². The van der Waals surface area contributed by atoms with E-state index in [0.717, 1.165) is 5.69 Å². The van der Waals surface area contributed by atoms with Gasteiger partial charge in [0.15, 0.2) is 0 Å². The first-order valence-electron chi connectivity index (χ1n) is 12.8. The van der Waals surface area contributed by atoms with Crippen molar-refractivity contribution in [1.29, 1.82) is 0 Å². The van der Waals surface area contributed by atoms with Gasteiger partial charge in [-0.05, 0) is 81.8 Å². The first kappa shape index (κ1) is 27.5. The molecule has 0 aliphatic rings. The number of carbonyl (C=O) groups excluding carboxylic acids is 2. The van der Waals surface area contributed by atoms with E-state index in [0.29, 0.717) is 55.4 Å². The summed E-state index contributed by atoms with van der Waals surface area (Å²) >= 11 is -1.41. The first-order chi connectivity index (χ1) is 18.9. The summed E-state index contributed by atoms with van der Waals surface area (Å²) in [6.07, 6.45) is 1.59. The number of furan rings is 1. The number of aromatic nitrogens is 1.